The molecule has 0 spiro atoms. The van der Waals surface area contributed by atoms with Crippen molar-refractivity contribution in [1.82, 2.24) is 0 Å². The van der Waals surface area contributed by atoms with Crippen LogP contribution < -0.4 is 5.73 Å². The molecule has 0 unspecified atom stereocenters. The molecule has 3 N–H and O–H groups in total. The second kappa shape index (κ2) is 4.12. The third-order valence-electron chi connectivity index (χ3n) is 3.25. The Bertz CT molecular complexity index is 345. The van der Waals surface area contributed by atoms with E-state index in [4.69, 9.17) is 17.3 Å². The highest BCUT2D eigenvalue weighted by atomic mass is 35.5. The van der Waals surface area contributed by atoms with Crippen molar-refractivity contribution in [2.45, 2.75) is 37.3 Å². The highest BCUT2D eigenvalue weighted by Crippen LogP contribution is 2.35. The van der Waals surface area contributed by atoms with Crippen molar-refractivity contribution >= 4 is 11.6 Å². The minimum atomic E-state index is -0.301. The zero-order valence-corrected chi connectivity index (χ0v) is 9.37. The summed E-state index contributed by atoms with van der Waals surface area (Å²) >= 11 is 5.95. The van der Waals surface area contributed by atoms with Gasteiger partial charge in [-0.05, 0) is 43.4 Å². The molecule has 3 heteroatoms. The fraction of sp³-hybridized carbons (Fsp3) is 0.500. The van der Waals surface area contributed by atoms with Gasteiger partial charge < -0.3 is 10.8 Å². The van der Waals surface area contributed by atoms with Gasteiger partial charge in [-0.25, -0.2) is 0 Å². The van der Waals surface area contributed by atoms with Crippen LogP contribution in [0, 0.1) is 0 Å². The zero-order chi connectivity index (χ0) is 10.9. The highest BCUT2D eigenvalue weighted by molar-refractivity contribution is 6.30. The lowest BCUT2D eigenvalue weighted by molar-refractivity contribution is 0.0969. The molecule has 1 aliphatic rings. The van der Waals surface area contributed by atoms with E-state index >= 15 is 0 Å². The van der Waals surface area contributed by atoms with Gasteiger partial charge in [0.25, 0.3) is 0 Å². The number of aliphatic hydroxyl groups excluding tert-OH is 1. The Balaban J connectivity index is 2.22. The average molecular weight is 226 g/mol. The van der Waals surface area contributed by atoms with E-state index < -0.39 is 0 Å². The maximum Gasteiger partial charge on any atom is 0.0541 e. The summed E-state index contributed by atoms with van der Waals surface area (Å²) in [6, 6.07) is 7.73. The van der Waals surface area contributed by atoms with Gasteiger partial charge >= 0.3 is 0 Å². The first-order valence-electron chi connectivity index (χ1n) is 5.33. The van der Waals surface area contributed by atoms with Gasteiger partial charge in [-0.2, -0.15) is 0 Å². The van der Waals surface area contributed by atoms with Crippen LogP contribution in [0.3, 0.4) is 0 Å². The van der Waals surface area contributed by atoms with Gasteiger partial charge in [-0.15, -0.1) is 0 Å². The fourth-order valence-corrected chi connectivity index (χ4v) is 2.39. The summed E-state index contributed by atoms with van der Waals surface area (Å²) < 4.78 is 0. The molecule has 1 aliphatic carbocycles. The van der Waals surface area contributed by atoms with Crippen molar-refractivity contribution in [2.24, 2.45) is 5.73 Å². The number of hydrogen-bond donors (Lipinski definition) is 2. The minimum Gasteiger partial charge on any atom is -0.393 e. The number of benzene rings is 1. The molecule has 0 amide bonds. The SMILES string of the molecule is NC1(c2cccc(Cl)c2)CCC(O)CC1. The molecule has 0 saturated heterocycles. The second-order valence-electron chi connectivity index (χ2n) is 4.40. The highest BCUT2D eigenvalue weighted by Gasteiger charge is 2.32. The molecule has 82 valence electrons. The van der Waals surface area contributed by atoms with E-state index in [2.05, 4.69) is 0 Å². The van der Waals surface area contributed by atoms with Crippen molar-refractivity contribution in [1.29, 1.82) is 0 Å². The maximum absolute atomic E-state index is 9.46. The van der Waals surface area contributed by atoms with Crippen LogP contribution in [-0.2, 0) is 5.54 Å². The third-order valence-corrected chi connectivity index (χ3v) is 3.48. The third kappa shape index (κ3) is 2.33. The Labute approximate surface area is 95.1 Å². The summed E-state index contributed by atoms with van der Waals surface area (Å²) in [6.07, 6.45) is 3.04. The van der Waals surface area contributed by atoms with Crippen LogP contribution in [0.25, 0.3) is 0 Å². The molecule has 1 aromatic carbocycles. The summed E-state index contributed by atoms with van der Waals surface area (Å²) in [4.78, 5) is 0. The summed E-state index contributed by atoms with van der Waals surface area (Å²) in [6.45, 7) is 0. The van der Waals surface area contributed by atoms with Gasteiger partial charge in [-0.1, -0.05) is 23.7 Å². The van der Waals surface area contributed by atoms with Crippen molar-refractivity contribution in [3.8, 4) is 0 Å². The molecular formula is C12H16ClNO. The Morgan fingerprint density at radius 2 is 2.00 bits per heavy atom. The van der Waals surface area contributed by atoms with Crippen molar-refractivity contribution in [2.75, 3.05) is 0 Å². The van der Waals surface area contributed by atoms with E-state index in [1.165, 1.54) is 0 Å². The van der Waals surface area contributed by atoms with Gasteiger partial charge in [0.2, 0.25) is 0 Å². The van der Waals surface area contributed by atoms with Crippen LogP contribution in [0.1, 0.15) is 31.2 Å². The lowest BCUT2D eigenvalue weighted by atomic mass is 9.76. The number of hydrogen-bond acceptors (Lipinski definition) is 2. The lowest BCUT2D eigenvalue weighted by Crippen LogP contribution is -2.41. The fourth-order valence-electron chi connectivity index (χ4n) is 2.20. The van der Waals surface area contributed by atoms with Crippen LogP contribution in [-0.4, -0.2) is 11.2 Å². The number of halogens is 1. The summed E-state index contributed by atoms with van der Waals surface area (Å²) in [5, 5.41) is 10.2. The largest absolute Gasteiger partial charge is 0.393 e. The Morgan fingerprint density at radius 3 is 2.60 bits per heavy atom. The van der Waals surface area contributed by atoms with Crippen LogP contribution in [0.4, 0.5) is 0 Å². The van der Waals surface area contributed by atoms with Gasteiger partial charge in [0, 0.05) is 10.6 Å². The van der Waals surface area contributed by atoms with Crippen molar-refractivity contribution < 1.29 is 5.11 Å². The lowest BCUT2D eigenvalue weighted by Gasteiger charge is -2.36. The van der Waals surface area contributed by atoms with Crippen LogP contribution >= 0.6 is 11.6 Å². The van der Waals surface area contributed by atoms with Gasteiger partial charge in [-0.3, -0.25) is 0 Å². The summed E-state index contributed by atoms with van der Waals surface area (Å²) in [5.74, 6) is 0. The van der Waals surface area contributed by atoms with E-state index in [-0.39, 0.29) is 11.6 Å². The van der Waals surface area contributed by atoms with E-state index in [1.807, 2.05) is 24.3 Å². The van der Waals surface area contributed by atoms with Gasteiger partial charge in [0.1, 0.15) is 0 Å². The molecule has 2 nitrogen and oxygen atoms in total. The van der Waals surface area contributed by atoms with E-state index in [1.54, 1.807) is 0 Å². The molecule has 15 heavy (non-hydrogen) atoms. The number of rotatable bonds is 1. The van der Waals surface area contributed by atoms with Crippen molar-refractivity contribution in [3.63, 3.8) is 0 Å². The molecule has 0 heterocycles. The maximum atomic E-state index is 9.46. The summed E-state index contributed by atoms with van der Waals surface area (Å²) in [7, 11) is 0. The molecule has 0 radical (unpaired) electrons. The molecule has 2 rings (SSSR count). The Kier molecular flexibility index (Phi) is 3.01. The molecule has 1 fully saturated rings. The molecule has 0 aliphatic heterocycles. The average Bonchev–Trinajstić information content (AvgIpc) is 2.23. The normalized spacial score (nSPS) is 31.5. The number of nitrogens with two attached hydrogens (primary N) is 1. The quantitative estimate of drug-likeness (QED) is 0.771. The molecule has 0 aromatic heterocycles. The Morgan fingerprint density at radius 1 is 1.33 bits per heavy atom. The molecular weight excluding hydrogens is 210 g/mol. The molecule has 1 saturated carbocycles. The van der Waals surface area contributed by atoms with E-state index in [0.717, 1.165) is 36.3 Å². The minimum absolute atomic E-state index is 0.180. The standard InChI is InChI=1S/C12H16ClNO/c13-10-3-1-2-9(8-10)12(14)6-4-11(15)5-7-12/h1-3,8,11,15H,4-7,14H2. The monoisotopic (exact) mass is 225 g/mol. The van der Waals surface area contributed by atoms with Gasteiger partial charge in [0.15, 0.2) is 0 Å². The van der Waals surface area contributed by atoms with Crippen LogP contribution in [0.2, 0.25) is 5.02 Å². The Hall–Kier alpha value is -0.570. The zero-order valence-electron chi connectivity index (χ0n) is 8.62. The first kappa shape index (κ1) is 10.9. The summed E-state index contributed by atoms with van der Waals surface area (Å²) in [5.41, 5.74) is 7.13. The topological polar surface area (TPSA) is 46.2 Å². The first-order valence-corrected chi connectivity index (χ1v) is 5.71. The first-order chi connectivity index (χ1) is 7.10. The second-order valence-corrected chi connectivity index (χ2v) is 4.83. The van der Waals surface area contributed by atoms with E-state index in [9.17, 15) is 5.11 Å². The van der Waals surface area contributed by atoms with Crippen LogP contribution in [0.5, 0.6) is 0 Å². The smallest absolute Gasteiger partial charge is 0.0541 e. The van der Waals surface area contributed by atoms with Crippen LogP contribution in [0.15, 0.2) is 24.3 Å². The molecule has 0 bridgehead atoms. The number of aliphatic hydroxyl groups is 1. The molecule has 1 aromatic rings. The molecule has 0 atom stereocenters. The van der Waals surface area contributed by atoms with Crippen molar-refractivity contribution in [3.05, 3.63) is 34.9 Å². The predicted molar refractivity (Wildman–Crippen MR) is 61.8 cm³/mol. The van der Waals surface area contributed by atoms with Gasteiger partial charge in [0.05, 0.1) is 6.10 Å². The van der Waals surface area contributed by atoms with E-state index in [0.29, 0.717) is 0 Å². The predicted octanol–water partition coefficient (Wildman–Crippen LogP) is 2.43.